The third-order valence-electron chi connectivity index (χ3n) is 3.31. The molecule has 0 aliphatic carbocycles. The molecule has 4 atom stereocenters. The van der Waals surface area contributed by atoms with Gasteiger partial charge < -0.3 is 32.3 Å². The van der Waals surface area contributed by atoms with Crippen molar-refractivity contribution >= 4 is 29.5 Å². The number of hydrogen-bond acceptors (Lipinski definition) is 7. The van der Waals surface area contributed by atoms with E-state index in [1.54, 1.807) is 0 Å². The lowest BCUT2D eigenvalue weighted by Crippen LogP contribution is -2.56. The maximum absolute atomic E-state index is 12.3. The summed E-state index contributed by atoms with van der Waals surface area (Å²) in [6, 6.07) is -3.84. The number of carboxylic acid groups (broad SMARTS) is 1. The Bertz CT molecular complexity index is 535. The fourth-order valence-electron chi connectivity index (χ4n) is 1.79. The Morgan fingerprint density at radius 3 is 1.96 bits per heavy atom. The second-order valence-electron chi connectivity index (χ2n) is 5.60. The number of carbonyl (C=O) groups is 5. The molecule has 0 aromatic rings. The summed E-state index contributed by atoms with van der Waals surface area (Å²) in [6.07, 6.45) is -2.35. The van der Waals surface area contributed by atoms with E-state index in [0.29, 0.717) is 0 Å². The highest BCUT2D eigenvalue weighted by Crippen LogP contribution is 2.02. The van der Waals surface area contributed by atoms with Gasteiger partial charge in [0.2, 0.25) is 17.7 Å². The van der Waals surface area contributed by atoms with Gasteiger partial charge in [-0.3, -0.25) is 24.0 Å². The van der Waals surface area contributed by atoms with E-state index in [0.717, 1.165) is 6.92 Å². The maximum Gasteiger partial charge on any atom is 0.303 e. The molecule has 0 fully saturated rings. The molecule has 0 saturated heterocycles. The molecule has 0 aromatic heterocycles. The predicted octanol–water partition coefficient (Wildman–Crippen LogP) is -3.01. The number of amides is 3. The van der Waals surface area contributed by atoms with Crippen molar-refractivity contribution in [2.75, 3.05) is 0 Å². The first-order chi connectivity index (χ1) is 11.5. The second-order valence-corrected chi connectivity index (χ2v) is 5.60. The van der Waals surface area contributed by atoms with Crippen LogP contribution in [-0.2, 0) is 24.0 Å². The number of rotatable bonds is 11. The van der Waals surface area contributed by atoms with E-state index in [1.807, 2.05) is 0 Å². The first-order valence-electron chi connectivity index (χ1n) is 7.50. The number of aliphatic hydroxyl groups is 1. The molecule has 0 aliphatic rings. The van der Waals surface area contributed by atoms with Crippen molar-refractivity contribution in [1.82, 2.24) is 10.6 Å². The molecule has 142 valence electrons. The summed E-state index contributed by atoms with van der Waals surface area (Å²) in [5.41, 5.74) is 10.5. The van der Waals surface area contributed by atoms with Gasteiger partial charge in [0.25, 0.3) is 0 Å². The quantitative estimate of drug-likeness (QED) is 0.223. The summed E-state index contributed by atoms with van der Waals surface area (Å²) >= 11 is 0. The van der Waals surface area contributed by atoms with Gasteiger partial charge in [0.1, 0.15) is 12.1 Å². The number of carboxylic acids is 1. The number of ketones is 1. The molecule has 0 radical (unpaired) electrons. The van der Waals surface area contributed by atoms with Gasteiger partial charge >= 0.3 is 5.97 Å². The van der Waals surface area contributed by atoms with Crippen molar-refractivity contribution in [2.45, 2.75) is 57.3 Å². The van der Waals surface area contributed by atoms with Crippen LogP contribution in [0.1, 0.15) is 33.1 Å². The van der Waals surface area contributed by atoms with Crippen molar-refractivity contribution in [3.05, 3.63) is 0 Å². The molecule has 0 heterocycles. The van der Waals surface area contributed by atoms with Crippen molar-refractivity contribution < 1.29 is 34.2 Å². The average Bonchev–Trinajstić information content (AvgIpc) is 2.48. The zero-order valence-corrected chi connectivity index (χ0v) is 14.0. The molecular formula is C14H24N4O7. The lowest BCUT2D eigenvalue weighted by Gasteiger charge is -2.23. The molecule has 0 bridgehead atoms. The number of primary amides is 1. The minimum absolute atomic E-state index is 0.277. The van der Waals surface area contributed by atoms with Gasteiger partial charge in [-0.1, -0.05) is 0 Å². The van der Waals surface area contributed by atoms with Crippen LogP contribution in [0.5, 0.6) is 0 Å². The lowest BCUT2D eigenvalue weighted by atomic mass is 10.1. The molecule has 8 N–H and O–H groups in total. The van der Waals surface area contributed by atoms with Crippen molar-refractivity contribution in [1.29, 1.82) is 0 Å². The predicted molar refractivity (Wildman–Crippen MR) is 84.9 cm³/mol. The van der Waals surface area contributed by atoms with E-state index in [9.17, 15) is 29.1 Å². The van der Waals surface area contributed by atoms with E-state index in [2.05, 4.69) is 10.6 Å². The van der Waals surface area contributed by atoms with E-state index in [4.69, 9.17) is 16.6 Å². The molecule has 0 rings (SSSR count). The number of Topliss-reactive ketones (excluding diaryl/α,β-unsaturated/α-hetero) is 1. The molecule has 0 aliphatic heterocycles. The summed E-state index contributed by atoms with van der Waals surface area (Å²) in [7, 11) is 0. The summed E-state index contributed by atoms with van der Waals surface area (Å²) in [4.78, 5) is 57.3. The Hall–Kier alpha value is -2.53. The number of hydrogen-bond donors (Lipinski definition) is 6. The summed E-state index contributed by atoms with van der Waals surface area (Å²) in [5.74, 6) is -4.28. The van der Waals surface area contributed by atoms with Crippen LogP contribution in [0.15, 0.2) is 0 Å². The van der Waals surface area contributed by atoms with E-state index in [-0.39, 0.29) is 6.42 Å². The van der Waals surface area contributed by atoms with E-state index < -0.39 is 66.5 Å². The molecule has 3 unspecified atom stereocenters. The molecule has 0 aromatic carbocycles. The SMILES string of the molecule is CC(=O)C(CC(N)=O)NC(=O)C(CCC(=O)O)NC(=O)C(N)[C@@H](C)O. The highest BCUT2D eigenvalue weighted by atomic mass is 16.4. The van der Waals surface area contributed by atoms with Gasteiger partial charge in [-0.05, 0) is 20.3 Å². The van der Waals surface area contributed by atoms with Crippen LogP contribution >= 0.6 is 0 Å². The van der Waals surface area contributed by atoms with Crippen LogP contribution in [0.4, 0.5) is 0 Å². The number of carbonyl (C=O) groups excluding carboxylic acids is 4. The zero-order chi connectivity index (χ0) is 19.7. The number of nitrogens with one attached hydrogen (secondary N) is 2. The molecule has 25 heavy (non-hydrogen) atoms. The summed E-state index contributed by atoms with van der Waals surface area (Å²) in [6.45, 7) is 2.41. The Balaban J connectivity index is 5.13. The fourth-order valence-corrected chi connectivity index (χ4v) is 1.79. The molecule has 11 heteroatoms. The summed E-state index contributed by atoms with van der Waals surface area (Å²) < 4.78 is 0. The maximum atomic E-state index is 12.3. The van der Waals surface area contributed by atoms with Gasteiger partial charge in [0.15, 0.2) is 5.78 Å². The molecular weight excluding hydrogens is 336 g/mol. The molecule has 0 spiro atoms. The smallest absolute Gasteiger partial charge is 0.303 e. The standard InChI is InChI=1S/C14H24N4O7/c1-6(19)9(5-10(15)21)18-13(24)8(3-4-11(22)23)17-14(25)12(16)7(2)20/h7-9,12,20H,3-5,16H2,1-2H3,(H2,15,21)(H,17,25)(H,18,24)(H,22,23)/t7-,8?,9?,12?/m1/s1. The van der Waals surface area contributed by atoms with Crippen molar-refractivity contribution in [3.63, 3.8) is 0 Å². The Kier molecular flexibility index (Phi) is 9.31. The molecule has 11 nitrogen and oxygen atoms in total. The Morgan fingerprint density at radius 2 is 1.56 bits per heavy atom. The van der Waals surface area contributed by atoms with Crippen molar-refractivity contribution in [2.24, 2.45) is 11.5 Å². The van der Waals surface area contributed by atoms with E-state index >= 15 is 0 Å². The minimum Gasteiger partial charge on any atom is -0.481 e. The average molecular weight is 360 g/mol. The number of aliphatic carboxylic acids is 1. The van der Waals surface area contributed by atoms with Crippen LogP contribution in [0, 0.1) is 0 Å². The number of aliphatic hydroxyl groups excluding tert-OH is 1. The van der Waals surface area contributed by atoms with Crippen LogP contribution in [0.3, 0.4) is 0 Å². The topological polar surface area (TPSA) is 202 Å². The fraction of sp³-hybridized carbons (Fsp3) is 0.643. The van der Waals surface area contributed by atoms with Crippen LogP contribution in [0.2, 0.25) is 0 Å². The zero-order valence-electron chi connectivity index (χ0n) is 14.0. The van der Waals surface area contributed by atoms with Crippen molar-refractivity contribution in [3.8, 4) is 0 Å². The first-order valence-corrected chi connectivity index (χ1v) is 7.50. The largest absolute Gasteiger partial charge is 0.481 e. The van der Waals surface area contributed by atoms with Crippen LogP contribution in [-0.4, -0.2) is 63.9 Å². The number of nitrogens with two attached hydrogens (primary N) is 2. The van der Waals surface area contributed by atoms with Gasteiger partial charge in [0.05, 0.1) is 18.6 Å². The molecule has 0 saturated carbocycles. The minimum atomic E-state index is -1.32. The van der Waals surface area contributed by atoms with Gasteiger partial charge in [0, 0.05) is 6.42 Å². The highest BCUT2D eigenvalue weighted by molar-refractivity contribution is 5.95. The van der Waals surface area contributed by atoms with Gasteiger partial charge in [-0.25, -0.2) is 0 Å². The first kappa shape index (κ1) is 22.5. The van der Waals surface area contributed by atoms with E-state index in [1.165, 1.54) is 6.92 Å². The van der Waals surface area contributed by atoms with Gasteiger partial charge in [-0.2, -0.15) is 0 Å². The third-order valence-corrected chi connectivity index (χ3v) is 3.31. The van der Waals surface area contributed by atoms with Crippen LogP contribution < -0.4 is 22.1 Å². The van der Waals surface area contributed by atoms with Gasteiger partial charge in [-0.15, -0.1) is 0 Å². The monoisotopic (exact) mass is 360 g/mol. The third kappa shape index (κ3) is 8.77. The lowest BCUT2D eigenvalue weighted by molar-refractivity contribution is -0.138. The Morgan fingerprint density at radius 1 is 1.04 bits per heavy atom. The Labute approximate surface area is 144 Å². The second kappa shape index (κ2) is 10.4. The normalized spacial score (nSPS) is 15.4. The highest BCUT2D eigenvalue weighted by Gasteiger charge is 2.29. The van der Waals surface area contributed by atoms with Crippen LogP contribution in [0.25, 0.3) is 0 Å². The summed E-state index contributed by atoms with van der Waals surface area (Å²) in [5, 5.41) is 22.5. The molecule has 3 amide bonds.